The molecule has 1 rings (SSSR count). The minimum absolute atomic E-state index is 0.0987. The van der Waals surface area contributed by atoms with Crippen LogP contribution >= 0.6 is 0 Å². The fourth-order valence-electron chi connectivity index (χ4n) is 2.19. The first kappa shape index (κ1) is 12.9. The molecule has 16 heavy (non-hydrogen) atoms. The summed E-state index contributed by atoms with van der Waals surface area (Å²) in [5.41, 5.74) is 10.3. The first-order chi connectivity index (χ1) is 7.70. The van der Waals surface area contributed by atoms with Crippen LogP contribution in [0.2, 0.25) is 0 Å². The van der Waals surface area contributed by atoms with Crippen molar-refractivity contribution in [3.63, 3.8) is 0 Å². The number of hydrogen-bond donors (Lipinski definition) is 4. The number of hydrogen-bond acceptors (Lipinski definition) is 4. The number of hydrazine groups is 2. The maximum Gasteiger partial charge on any atom is 0.237 e. The van der Waals surface area contributed by atoms with Gasteiger partial charge in [-0.15, -0.1) is 0 Å². The van der Waals surface area contributed by atoms with Crippen molar-refractivity contribution in [1.29, 1.82) is 0 Å². The first-order valence-corrected chi connectivity index (χ1v) is 5.64. The van der Waals surface area contributed by atoms with Crippen molar-refractivity contribution in [2.45, 2.75) is 25.7 Å². The number of carbonyl (C=O) groups excluding carboxylic acids is 2. The van der Waals surface area contributed by atoms with E-state index in [9.17, 15) is 9.59 Å². The lowest BCUT2D eigenvalue weighted by Gasteiger charge is -2.29. The lowest BCUT2D eigenvalue weighted by molar-refractivity contribution is -0.137. The first-order valence-electron chi connectivity index (χ1n) is 5.64. The van der Waals surface area contributed by atoms with Crippen LogP contribution in [0.3, 0.4) is 0 Å². The molecule has 1 fully saturated rings. The van der Waals surface area contributed by atoms with E-state index < -0.39 is 0 Å². The Hall–Kier alpha value is -1.14. The second kappa shape index (κ2) is 6.44. The molecule has 0 unspecified atom stereocenters. The highest BCUT2D eigenvalue weighted by molar-refractivity contribution is 5.87. The maximum atomic E-state index is 11.7. The monoisotopic (exact) mass is 228 g/mol. The minimum atomic E-state index is -0.227. The standard InChI is InChI=1S/C10H20N4O2/c1-11-13-9(15)7-5-3-4-6-8(7)10(16)14-12-2/h7-8,11-12H,3-6H2,1-2H3,(H,13,15)(H,14,16)/t7-,8-/m1/s1. The van der Waals surface area contributed by atoms with Gasteiger partial charge in [0.25, 0.3) is 0 Å². The van der Waals surface area contributed by atoms with E-state index in [1.54, 1.807) is 14.1 Å². The largest absolute Gasteiger partial charge is 0.292 e. The minimum Gasteiger partial charge on any atom is -0.292 e. The van der Waals surface area contributed by atoms with E-state index in [1.165, 1.54) is 0 Å². The van der Waals surface area contributed by atoms with Gasteiger partial charge in [-0.3, -0.25) is 20.4 Å². The van der Waals surface area contributed by atoms with E-state index in [-0.39, 0.29) is 23.7 Å². The van der Waals surface area contributed by atoms with Gasteiger partial charge in [0.1, 0.15) is 0 Å². The van der Waals surface area contributed by atoms with Crippen LogP contribution in [0.5, 0.6) is 0 Å². The normalized spacial score (nSPS) is 24.9. The molecule has 92 valence electrons. The summed E-state index contributed by atoms with van der Waals surface area (Å²) in [4.78, 5) is 23.5. The van der Waals surface area contributed by atoms with Gasteiger partial charge in [0.05, 0.1) is 11.8 Å². The third kappa shape index (κ3) is 3.18. The molecule has 6 heteroatoms. The summed E-state index contributed by atoms with van der Waals surface area (Å²) in [6, 6.07) is 0. The average molecular weight is 228 g/mol. The van der Waals surface area contributed by atoms with E-state index in [2.05, 4.69) is 21.7 Å². The Labute approximate surface area is 95.5 Å². The molecule has 0 spiro atoms. The molecule has 1 aliphatic rings. The van der Waals surface area contributed by atoms with Gasteiger partial charge in [0, 0.05) is 14.1 Å². The fraction of sp³-hybridized carbons (Fsp3) is 0.800. The number of amides is 2. The van der Waals surface area contributed by atoms with E-state index in [0.29, 0.717) is 0 Å². The van der Waals surface area contributed by atoms with Gasteiger partial charge >= 0.3 is 0 Å². The zero-order valence-corrected chi connectivity index (χ0v) is 9.80. The molecule has 0 aromatic heterocycles. The summed E-state index contributed by atoms with van der Waals surface area (Å²) in [5, 5.41) is 0. The van der Waals surface area contributed by atoms with Crippen molar-refractivity contribution in [2.75, 3.05) is 14.1 Å². The topological polar surface area (TPSA) is 82.3 Å². The number of rotatable bonds is 4. The molecule has 4 N–H and O–H groups in total. The Bertz CT molecular complexity index is 231. The van der Waals surface area contributed by atoms with E-state index in [1.807, 2.05) is 0 Å². The van der Waals surface area contributed by atoms with Gasteiger partial charge in [0.15, 0.2) is 0 Å². The molecule has 2 amide bonds. The van der Waals surface area contributed by atoms with Crippen LogP contribution in [0.4, 0.5) is 0 Å². The maximum absolute atomic E-state index is 11.7. The Morgan fingerprint density at radius 2 is 1.25 bits per heavy atom. The summed E-state index contributed by atoms with van der Waals surface area (Å²) < 4.78 is 0. The molecule has 0 radical (unpaired) electrons. The molecule has 1 aliphatic carbocycles. The van der Waals surface area contributed by atoms with Crippen LogP contribution in [-0.2, 0) is 9.59 Å². The quantitative estimate of drug-likeness (QED) is 0.479. The summed E-state index contributed by atoms with van der Waals surface area (Å²) in [5.74, 6) is -0.652. The molecule has 0 heterocycles. The summed E-state index contributed by atoms with van der Waals surface area (Å²) in [6.07, 6.45) is 3.56. The van der Waals surface area contributed by atoms with Gasteiger partial charge in [-0.2, -0.15) is 0 Å². The Morgan fingerprint density at radius 1 is 0.875 bits per heavy atom. The Kier molecular flexibility index (Phi) is 5.21. The molecule has 0 bridgehead atoms. The van der Waals surface area contributed by atoms with Gasteiger partial charge < -0.3 is 0 Å². The second-order valence-corrected chi connectivity index (χ2v) is 3.98. The molecule has 2 atom stereocenters. The highest BCUT2D eigenvalue weighted by Crippen LogP contribution is 2.30. The molecular formula is C10H20N4O2. The van der Waals surface area contributed by atoms with E-state index >= 15 is 0 Å². The summed E-state index contributed by atoms with van der Waals surface area (Å²) in [6.45, 7) is 0. The molecule has 0 aliphatic heterocycles. The lowest BCUT2D eigenvalue weighted by Crippen LogP contribution is -2.48. The highest BCUT2D eigenvalue weighted by Gasteiger charge is 2.35. The predicted octanol–water partition coefficient (Wildman–Crippen LogP) is -0.706. The fourth-order valence-corrected chi connectivity index (χ4v) is 2.19. The lowest BCUT2D eigenvalue weighted by atomic mass is 9.78. The highest BCUT2D eigenvalue weighted by atomic mass is 16.2. The van der Waals surface area contributed by atoms with E-state index in [4.69, 9.17) is 0 Å². The predicted molar refractivity (Wildman–Crippen MR) is 59.9 cm³/mol. The van der Waals surface area contributed by atoms with Crippen LogP contribution in [-0.4, -0.2) is 25.9 Å². The summed E-state index contributed by atoms with van der Waals surface area (Å²) >= 11 is 0. The van der Waals surface area contributed by atoms with Gasteiger partial charge in [-0.1, -0.05) is 12.8 Å². The number of nitrogens with one attached hydrogen (secondary N) is 4. The Morgan fingerprint density at radius 3 is 1.56 bits per heavy atom. The second-order valence-electron chi connectivity index (χ2n) is 3.98. The van der Waals surface area contributed by atoms with Crippen LogP contribution < -0.4 is 21.7 Å². The van der Waals surface area contributed by atoms with Crippen LogP contribution in [0.15, 0.2) is 0 Å². The van der Waals surface area contributed by atoms with E-state index in [0.717, 1.165) is 25.7 Å². The molecule has 0 saturated heterocycles. The van der Waals surface area contributed by atoms with Gasteiger partial charge in [-0.25, -0.2) is 10.9 Å². The van der Waals surface area contributed by atoms with Crippen molar-refractivity contribution in [3.8, 4) is 0 Å². The Balaban J connectivity index is 2.63. The van der Waals surface area contributed by atoms with Gasteiger partial charge in [-0.05, 0) is 12.8 Å². The zero-order chi connectivity index (χ0) is 12.0. The van der Waals surface area contributed by atoms with Crippen LogP contribution in [0.1, 0.15) is 25.7 Å². The van der Waals surface area contributed by atoms with Crippen LogP contribution in [0, 0.1) is 11.8 Å². The van der Waals surface area contributed by atoms with Gasteiger partial charge in [0.2, 0.25) is 11.8 Å². The summed E-state index contributed by atoms with van der Waals surface area (Å²) in [7, 11) is 3.28. The van der Waals surface area contributed by atoms with Crippen molar-refractivity contribution in [3.05, 3.63) is 0 Å². The van der Waals surface area contributed by atoms with Crippen LogP contribution in [0.25, 0.3) is 0 Å². The number of carbonyl (C=O) groups is 2. The molecule has 0 aromatic rings. The molecule has 1 saturated carbocycles. The van der Waals surface area contributed by atoms with Crippen molar-refractivity contribution in [2.24, 2.45) is 11.8 Å². The molecule has 0 aromatic carbocycles. The van der Waals surface area contributed by atoms with Crippen molar-refractivity contribution in [1.82, 2.24) is 21.7 Å². The van der Waals surface area contributed by atoms with Crippen molar-refractivity contribution < 1.29 is 9.59 Å². The molecular weight excluding hydrogens is 208 g/mol. The average Bonchev–Trinajstić information content (AvgIpc) is 2.30. The smallest absolute Gasteiger partial charge is 0.237 e. The SMILES string of the molecule is CNNC(=O)[C@@H]1CCCC[C@H]1C(=O)NNC. The third-order valence-electron chi connectivity index (χ3n) is 2.94. The molecule has 6 nitrogen and oxygen atoms in total. The van der Waals surface area contributed by atoms with Crippen molar-refractivity contribution >= 4 is 11.8 Å². The third-order valence-corrected chi connectivity index (χ3v) is 2.94. The zero-order valence-electron chi connectivity index (χ0n) is 9.80.